The summed E-state index contributed by atoms with van der Waals surface area (Å²) >= 11 is 1.57. The van der Waals surface area contributed by atoms with E-state index in [1.807, 2.05) is 6.07 Å². The first kappa shape index (κ1) is 15.0. The first-order valence-corrected chi connectivity index (χ1v) is 8.02. The molecular formula is C15H21NO3S. The van der Waals surface area contributed by atoms with Crippen LogP contribution in [0.2, 0.25) is 0 Å². The molecule has 0 unspecified atom stereocenters. The minimum absolute atomic E-state index is 0.00389. The van der Waals surface area contributed by atoms with Crippen LogP contribution in [0.1, 0.15) is 46.8 Å². The number of carboxylic acids is 1. The Morgan fingerprint density at radius 2 is 2.20 bits per heavy atom. The van der Waals surface area contributed by atoms with Gasteiger partial charge in [-0.25, -0.2) is 0 Å². The molecule has 2 rings (SSSR count). The maximum absolute atomic E-state index is 12.4. The fraction of sp³-hybridized carbons (Fsp3) is 0.600. The molecule has 0 aromatic carbocycles. The highest BCUT2D eigenvalue weighted by molar-refractivity contribution is 7.14. The fourth-order valence-electron chi connectivity index (χ4n) is 2.61. The number of aryl methyl sites for hydroxylation is 2. The average Bonchev–Trinajstić information content (AvgIpc) is 3.05. The van der Waals surface area contributed by atoms with Crippen molar-refractivity contribution >= 4 is 23.2 Å². The van der Waals surface area contributed by atoms with Gasteiger partial charge in [0.05, 0.1) is 10.8 Å². The largest absolute Gasteiger partial charge is 0.481 e. The number of carboxylic acid groups (broad SMARTS) is 1. The number of carbonyl (C=O) groups excluding carboxylic acids is 1. The van der Waals surface area contributed by atoms with E-state index in [1.54, 1.807) is 16.2 Å². The molecule has 1 saturated heterocycles. The van der Waals surface area contributed by atoms with Gasteiger partial charge in [0.25, 0.3) is 5.91 Å². The number of rotatable bonds is 5. The molecule has 0 aliphatic carbocycles. The quantitative estimate of drug-likeness (QED) is 0.908. The van der Waals surface area contributed by atoms with Crippen molar-refractivity contribution in [3.63, 3.8) is 0 Å². The molecule has 110 valence electrons. The van der Waals surface area contributed by atoms with Gasteiger partial charge in [0, 0.05) is 18.0 Å². The summed E-state index contributed by atoms with van der Waals surface area (Å²) in [7, 11) is 0. The molecule has 1 fully saturated rings. The Labute approximate surface area is 123 Å². The van der Waals surface area contributed by atoms with E-state index in [2.05, 4.69) is 13.8 Å². The third-order valence-corrected chi connectivity index (χ3v) is 5.02. The Morgan fingerprint density at radius 3 is 2.75 bits per heavy atom. The van der Waals surface area contributed by atoms with E-state index in [9.17, 15) is 9.59 Å². The van der Waals surface area contributed by atoms with Crippen molar-refractivity contribution in [2.75, 3.05) is 13.1 Å². The lowest BCUT2D eigenvalue weighted by Gasteiger charge is -2.14. The first-order chi connectivity index (χ1) is 9.56. The second kappa shape index (κ2) is 6.39. The molecule has 2 heterocycles. The molecule has 4 nitrogen and oxygen atoms in total. The molecule has 0 bridgehead atoms. The van der Waals surface area contributed by atoms with Crippen LogP contribution in [0.4, 0.5) is 0 Å². The van der Waals surface area contributed by atoms with Crippen LogP contribution in [-0.2, 0) is 17.6 Å². The zero-order valence-corrected chi connectivity index (χ0v) is 12.8. The maximum Gasteiger partial charge on any atom is 0.308 e. The number of likely N-dealkylation sites (tertiary alicyclic amines) is 1. The SMILES string of the molecule is CCCc1sc(C(=O)N2CC[C@H](C(=O)O)C2)cc1CC. The molecule has 1 aliphatic heterocycles. The van der Waals surface area contributed by atoms with Crippen molar-refractivity contribution in [3.8, 4) is 0 Å². The number of carbonyl (C=O) groups is 2. The molecule has 1 N–H and O–H groups in total. The van der Waals surface area contributed by atoms with E-state index in [-0.39, 0.29) is 5.91 Å². The summed E-state index contributed by atoms with van der Waals surface area (Å²) < 4.78 is 0. The molecule has 0 spiro atoms. The monoisotopic (exact) mass is 295 g/mol. The predicted octanol–water partition coefficient (Wildman–Crippen LogP) is 2.81. The minimum Gasteiger partial charge on any atom is -0.481 e. The Balaban J connectivity index is 2.11. The lowest BCUT2D eigenvalue weighted by Crippen LogP contribution is -2.29. The van der Waals surface area contributed by atoms with Gasteiger partial charge >= 0.3 is 5.97 Å². The van der Waals surface area contributed by atoms with Crippen LogP contribution in [0, 0.1) is 5.92 Å². The highest BCUT2D eigenvalue weighted by Gasteiger charge is 2.32. The van der Waals surface area contributed by atoms with E-state index >= 15 is 0 Å². The van der Waals surface area contributed by atoms with Crippen LogP contribution in [-0.4, -0.2) is 35.0 Å². The average molecular weight is 295 g/mol. The number of hydrogen-bond donors (Lipinski definition) is 1. The van der Waals surface area contributed by atoms with Gasteiger partial charge in [-0.2, -0.15) is 0 Å². The number of aliphatic carboxylic acids is 1. The molecule has 20 heavy (non-hydrogen) atoms. The number of thiophene rings is 1. The molecule has 0 saturated carbocycles. The van der Waals surface area contributed by atoms with Gasteiger partial charge in [0.1, 0.15) is 0 Å². The number of nitrogens with zero attached hydrogens (tertiary/aromatic N) is 1. The minimum atomic E-state index is -0.799. The summed E-state index contributed by atoms with van der Waals surface area (Å²) in [6.45, 7) is 5.14. The summed E-state index contributed by atoms with van der Waals surface area (Å²) in [6.07, 6.45) is 3.59. The van der Waals surface area contributed by atoms with Crippen molar-refractivity contribution in [2.24, 2.45) is 5.92 Å². The second-order valence-corrected chi connectivity index (χ2v) is 6.37. The highest BCUT2D eigenvalue weighted by Crippen LogP contribution is 2.27. The van der Waals surface area contributed by atoms with Crippen molar-refractivity contribution in [2.45, 2.75) is 39.5 Å². The Hall–Kier alpha value is -1.36. The van der Waals surface area contributed by atoms with Crippen LogP contribution >= 0.6 is 11.3 Å². The van der Waals surface area contributed by atoms with Crippen molar-refractivity contribution in [3.05, 3.63) is 21.4 Å². The standard InChI is InChI=1S/C15H21NO3S/c1-3-5-12-10(4-2)8-13(20-12)14(17)16-7-6-11(9-16)15(18)19/h8,11H,3-7,9H2,1-2H3,(H,18,19)/t11-/m0/s1. The smallest absolute Gasteiger partial charge is 0.308 e. The van der Waals surface area contributed by atoms with Crippen LogP contribution in [0.5, 0.6) is 0 Å². The van der Waals surface area contributed by atoms with Gasteiger partial charge < -0.3 is 10.0 Å². The predicted molar refractivity (Wildman–Crippen MR) is 79.3 cm³/mol. The van der Waals surface area contributed by atoms with Gasteiger partial charge in [-0.15, -0.1) is 11.3 Å². The molecule has 1 amide bonds. The zero-order valence-electron chi connectivity index (χ0n) is 12.0. The van der Waals surface area contributed by atoms with Gasteiger partial charge in [0.15, 0.2) is 0 Å². The van der Waals surface area contributed by atoms with Gasteiger partial charge in [0.2, 0.25) is 0 Å². The summed E-state index contributed by atoms with van der Waals surface area (Å²) in [5.41, 5.74) is 1.26. The summed E-state index contributed by atoms with van der Waals surface area (Å²) in [5, 5.41) is 9.00. The molecule has 0 radical (unpaired) electrons. The van der Waals surface area contributed by atoms with Crippen LogP contribution in [0.15, 0.2) is 6.07 Å². The van der Waals surface area contributed by atoms with Crippen LogP contribution < -0.4 is 0 Å². The number of amides is 1. The first-order valence-electron chi connectivity index (χ1n) is 7.20. The summed E-state index contributed by atoms with van der Waals surface area (Å²) in [5.74, 6) is -1.21. The summed E-state index contributed by atoms with van der Waals surface area (Å²) in [6, 6.07) is 1.99. The van der Waals surface area contributed by atoms with Gasteiger partial charge in [-0.3, -0.25) is 9.59 Å². The van der Waals surface area contributed by atoms with Gasteiger partial charge in [-0.1, -0.05) is 20.3 Å². The van der Waals surface area contributed by atoms with Crippen LogP contribution in [0.25, 0.3) is 0 Å². The normalized spacial score (nSPS) is 18.5. The highest BCUT2D eigenvalue weighted by atomic mass is 32.1. The molecule has 1 aromatic heterocycles. The molecule has 1 atom stereocenters. The second-order valence-electron chi connectivity index (χ2n) is 5.24. The molecule has 1 aromatic rings. The Bertz CT molecular complexity index is 509. The van der Waals surface area contributed by atoms with E-state index in [4.69, 9.17) is 5.11 Å². The molecule has 1 aliphatic rings. The zero-order chi connectivity index (χ0) is 14.7. The van der Waals surface area contributed by atoms with E-state index in [0.717, 1.165) is 24.1 Å². The van der Waals surface area contributed by atoms with Crippen LogP contribution in [0.3, 0.4) is 0 Å². The number of hydrogen-bond acceptors (Lipinski definition) is 3. The molecular weight excluding hydrogens is 274 g/mol. The topological polar surface area (TPSA) is 57.6 Å². The van der Waals surface area contributed by atoms with E-state index < -0.39 is 11.9 Å². The lowest BCUT2D eigenvalue weighted by molar-refractivity contribution is -0.141. The fourth-order valence-corrected chi connectivity index (χ4v) is 3.94. The van der Waals surface area contributed by atoms with Gasteiger partial charge in [-0.05, 0) is 30.9 Å². The van der Waals surface area contributed by atoms with Crippen molar-refractivity contribution < 1.29 is 14.7 Å². The third kappa shape index (κ3) is 3.03. The lowest BCUT2D eigenvalue weighted by atomic mass is 10.1. The third-order valence-electron chi connectivity index (χ3n) is 3.79. The Morgan fingerprint density at radius 1 is 1.45 bits per heavy atom. The van der Waals surface area contributed by atoms with Crippen molar-refractivity contribution in [1.29, 1.82) is 0 Å². The molecule has 5 heteroatoms. The Kier molecular flexibility index (Phi) is 4.81. The van der Waals surface area contributed by atoms with Crippen molar-refractivity contribution in [1.82, 2.24) is 4.90 Å². The van der Waals surface area contributed by atoms with E-state index in [1.165, 1.54) is 10.4 Å². The van der Waals surface area contributed by atoms with E-state index in [0.29, 0.717) is 19.5 Å². The maximum atomic E-state index is 12.4. The summed E-state index contributed by atoms with van der Waals surface area (Å²) in [4.78, 5) is 27.1.